The molecule has 120 valence electrons. The van der Waals surface area contributed by atoms with Gasteiger partial charge in [0.05, 0.1) is 35.3 Å². The monoisotopic (exact) mass is 316 g/mol. The molecule has 6 nitrogen and oxygen atoms in total. The number of carbonyl (C=O) groups is 1. The van der Waals surface area contributed by atoms with Gasteiger partial charge >= 0.3 is 0 Å². The first-order valence-corrected chi connectivity index (χ1v) is 7.65. The molecular weight excluding hydrogens is 299 g/mol. The summed E-state index contributed by atoms with van der Waals surface area (Å²) >= 11 is 0. The summed E-state index contributed by atoms with van der Waals surface area (Å²) in [5.74, 6) is -0.881. The third kappa shape index (κ3) is 2.46. The second-order valence-electron chi connectivity index (χ2n) is 6.04. The maximum absolute atomic E-state index is 14.3. The fourth-order valence-electron chi connectivity index (χ4n) is 3.34. The molecule has 1 aromatic carbocycles. The Bertz CT molecular complexity index is 769. The summed E-state index contributed by atoms with van der Waals surface area (Å²) in [6.45, 7) is 2.56. The quantitative estimate of drug-likeness (QED) is 0.783. The van der Waals surface area contributed by atoms with Gasteiger partial charge in [-0.2, -0.15) is 0 Å². The zero-order valence-electron chi connectivity index (χ0n) is 12.8. The van der Waals surface area contributed by atoms with Crippen molar-refractivity contribution < 1.29 is 13.9 Å². The van der Waals surface area contributed by atoms with Crippen molar-refractivity contribution >= 4 is 16.9 Å². The van der Waals surface area contributed by atoms with Crippen molar-refractivity contribution in [2.75, 3.05) is 33.3 Å². The summed E-state index contributed by atoms with van der Waals surface area (Å²) in [5.41, 5.74) is 1.00. The third-order valence-electron chi connectivity index (χ3n) is 4.65. The van der Waals surface area contributed by atoms with Gasteiger partial charge in [-0.3, -0.25) is 19.7 Å². The number of morpholine rings is 1. The van der Waals surface area contributed by atoms with E-state index in [0.29, 0.717) is 30.7 Å². The van der Waals surface area contributed by atoms with Gasteiger partial charge in [0, 0.05) is 38.1 Å². The summed E-state index contributed by atoms with van der Waals surface area (Å²) < 4.78 is 20.1. The molecule has 2 aliphatic rings. The number of nitrogens with zero attached hydrogens (tertiary/aromatic N) is 4. The highest BCUT2D eigenvalue weighted by molar-refractivity contribution is 5.97. The molecule has 2 fully saturated rings. The average molecular weight is 316 g/mol. The molecule has 1 amide bonds. The van der Waals surface area contributed by atoms with Gasteiger partial charge < -0.3 is 9.64 Å². The molecule has 2 aromatic rings. The number of rotatable bonds is 1. The van der Waals surface area contributed by atoms with Crippen LogP contribution in [-0.2, 0) is 4.74 Å². The number of likely N-dealkylation sites (tertiary alicyclic amines) is 1. The Morgan fingerprint density at radius 2 is 2.00 bits per heavy atom. The summed E-state index contributed by atoms with van der Waals surface area (Å²) in [6.07, 6.45) is 3.03. The molecule has 2 aliphatic heterocycles. The number of hydrogen-bond donors (Lipinski definition) is 0. The Morgan fingerprint density at radius 3 is 2.74 bits per heavy atom. The first-order chi connectivity index (χ1) is 11.1. The second kappa shape index (κ2) is 5.50. The van der Waals surface area contributed by atoms with E-state index in [-0.39, 0.29) is 23.6 Å². The number of benzene rings is 1. The van der Waals surface area contributed by atoms with E-state index in [2.05, 4.69) is 14.9 Å². The lowest BCUT2D eigenvalue weighted by atomic mass is 10.1. The highest BCUT2D eigenvalue weighted by Crippen LogP contribution is 2.25. The Labute approximate surface area is 132 Å². The topological polar surface area (TPSA) is 58.6 Å². The van der Waals surface area contributed by atoms with Crippen LogP contribution in [0.15, 0.2) is 24.5 Å². The minimum absolute atomic E-state index is 0.000935. The van der Waals surface area contributed by atoms with Crippen LogP contribution in [0.5, 0.6) is 0 Å². The molecule has 23 heavy (non-hydrogen) atoms. The lowest BCUT2D eigenvalue weighted by Gasteiger charge is -2.33. The predicted octanol–water partition coefficient (Wildman–Crippen LogP) is 0.924. The molecule has 0 aliphatic carbocycles. The minimum atomic E-state index is -0.563. The number of fused-ring (bicyclic) bond motifs is 2. The van der Waals surface area contributed by atoms with Crippen molar-refractivity contribution in [3.63, 3.8) is 0 Å². The van der Waals surface area contributed by atoms with E-state index >= 15 is 0 Å². The fraction of sp³-hybridized carbons (Fsp3) is 0.438. The van der Waals surface area contributed by atoms with E-state index in [4.69, 9.17) is 4.74 Å². The number of carbonyl (C=O) groups excluding carboxylic acids is 1. The minimum Gasteiger partial charge on any atom is -0.373 e. The molecule has 4 rings (SSSR count). The normalized spacial score (nSPS) is 24.9. The van der Waals surface area contributed by atoms with Crippen LogP contribution in [0.1, 0.15) is 10.4 Å². The smallest absolute Gasteiger partial charge is 0.257 e. The van der Waals surface area contributed by atoms with Gasteiger partial charge in [-0.15, -0.1) is 0 Å². The molecule has 1 aromatic heterocycles. The molecular formula is C16H17FN4O2. The van der Waals surface area contributed by atoms with Crippen LogP contribution >= 0.6 is 0 Å². The van der Waals surface area contributed by atoms with E-state index < -0.39 is 5.82 Å². The summed E-state index contributed by atoms with van der Waals surface area (Å²) in [7, 11) is 2.03. The number of ether oxygens (including phenoxy) is 1. The zero-order chi connectivity index (χ0) is 16.0. The van der Waals surface area contributed by atoms with E-state index in [9.17, 15) is 9.18 Å². The molecule has 2 saturated heterocycles. The number of aromatic nitrogens is 2. The van der Waals surface area contributed by atoms with Crippen molar-refractivity contribution in [2.24, 2.45) is 0 Å². The van der Waals surface area contributed by atoms with Gasteiger partial charge in [0.1, 0.15) is 5.82 Å². The predicted molar refractivity (Wildman–Crippen MR) is 81.6 cm³/mol. The highest BCUT2D eigenvalue weighted by Gasteiger charge is 2.41. The summed E-state index contributed by atoms with van der Waals surface area (Å²) in [5, 5.41) is 0. The van der Waals surface area contributed by atoms with Crippen LogP contribution in [0, 0.1) is 5.82 Å². The largest absolute Gasteiger partial charge is 0.373 e. The van der Waals surface area contributed by atoms with Crippen LogP contribution in [0.4, 0.5) is 4.39 Å². The van der Waals surface area contributed by atoms with Crippen molar-refractivity contribution in [1.82, 2.24) is 19.8 Å². The Kier molecular flexibility index (Phi) is 3.46. The lowest BCUT2D eigenvalue weighted by Crippen LogP contribution is -2.48. The molecule has 0 radical (unpaired) electrons. The number of hydrogen-bond acceptors (Lipinski definition) is 5. The Morgan fingerprint density at radius 1 is 1.26 bits per heavy atom. The van der Waals surface area contributed by atoms with Crippen LogP contribution in [-0.4, -0.2) is 71.1 Å². The van der Waals surface area contributed by atoms with Gasteiger partial charge in [-0.1, -0.05) is 0 Å². The lowest BCUT2D eigenvalue weighted by molar-refractivity contribution is -0.0368. The Balaban J connectivity index is 1.63. The molecule has 0 spiro atoms. The first-order valence-electron chi connectivity index (χ1n) is 7.65. The number of halogens is 1. The molecule has 0 unspecified atom stereocenters. The first kappa shape index (κ1) is 14.5. The maximum Gasteiger partial charge on any atom is 0.257 e. The van der Waals surface area contributed by atoms with Gasteiger partial charge in [-0.05, 0) is 13.1 Å². The summed E-state index contributed by atoms with van der Waals surface area (Å²) in [6, 6.07) is 2.92. The third-order valence-corrected chi connectivity index (χ3v) is 4.65. The van der Waals surface area contributed by atoms with E-state index in [0.717, 1.165) is 6.54 Å². The van der Waals surface area contributed by atoms with E-state index in [1.807, 2.05) is 7.05 Å². The van der Waals surface area contributed by atoms with E-state index in [1.54, 1.807) is 4.90 Å². The highest BCUT2D eigenvalue weighted by atomic mass is 19.1. The molecule has 2 atom stereocenters. The standard InChI is InChI=1S/C16H17FN4O2/c1-20-4-5-23-15-9-21(8-14(15)20)16(22)10-6-12-13(7-11(10)17)19-3-2-18-12/h2-3,6-7,14-15H,4-5,8-9H2,1H3/t14-,15+/m0/s1. The second-order valence-corrected chi connectivity index (χ2v) is 6.04. The van der Waals surface area contributed by atoms with Gasteiger partial charge in [-0.25, -0.2) is 4.39 Å². The van der Waals surface area contributed by atoms with E-state index in [1.165, 1.54) is 24.5 Å². The molecule has 0 bridgehead atoms. The van der Waals surface area contributed by atoms with Crippen molar-refractivity contribution in [2.45, 2.75) is 12.1 Å². The van der Waals surface area contributed by atoms with Crippen molar-refractivity contribution in [3.8, 4) is 0 Å². The molecule has 0 N–H and O–H groups in total. The van der Waals surface area contributed by atoms with Crippen molar-refractivity contribution in [3.05, 3.63) is 35.9 Å². The van der Waals surface area contributed by atoms with Crippen LogP contribution in [0.25, 0.3) is 11.0 Å². The average Bonchev–Trinajstić information content (AvgIpc) is 2.99. The molecule has 7 heteroatoms. The van der Waals surface area contributed by atoms with Crippen LogP contribution in [0.2, 0.25) is 0 Å². The molecule has 3 heterocycles. The summed E-state index contributed by atoms with van der Waals surface area (Å²) in [4.78, 5) is 24.8. The Hall–Kier alpha value is -2.12. The fourth-order valence-corrected chi connectivity index (χ4v) is 3.34. The van der Waals surface area contributed by atoms with Crippen LogP contribution < -0.4 is 0 Å². The van der Waals surface area contributed by atoms with Crippen LogP contribution in [0.3, 0.4) is 0 Å². The van der Waals surface area contributed by atoms with Gasteiger partial charge in [0.15, 0.2) is 0 Å². The number of likely N-dealkylation sites (N-methyl/N-ethyl adjacent to an activating group) is 1. The van der Waals surface area contributed by atoms with Gasteiger partial charge in [0.25, 0.3) is 5.91 Å². The zero-order valence-corrected chi connectivity index (χ0v) is 12.8. The molecule has 0 saturated carbocycles. The number of amides is 1. The van der Waals surface area contributed by atoms with Crippen molar-refractivity contribution in [1.29, 1.82) is 0 Å². The van der Waals surface area contributed by atoms with Gasteiger partial charge in [0.2, 0.25) is 0 Å². The SMILES string of the molecule is CN1CCO[C@@H]2CN(C(=O)c3cc4nccnc4cc3F)C[C@@H]21. The maximum atomic E-state index is 14.3.